The molecule has 120 valence electrons. The van der Waals surface area contributed by atoms with E-state index in [0.717, 1.165) is 45.6 Å². The Hall–Kier alpha value is -1.39. The number of carbonyl (C=O) groups is 1. The van der Waals surface area contributed by atoms with Crippen LogP contribution in [0, 0.1) is 0 Å². The molecule has 0 bridgehead atoms. The van der Waals surface area contributed by atoms with Crippen LogP contribution < -0.4 is 0 Å². The van der Waals surface area contributed by atoms with Crippen LogP contribution in [0.25, 0.3) is 0 Å². The van der Waals surface area contributed by atoms with Crippen molar-refractivity contribution in [3.05, 3.63) is 35.9 Å². The highest BCUT2D eigenvalue weighted by atomic mass is 16.5. The topological polar surface area (TPSA) is 32.8 Å². The summed E-state index contributed by atoms with van der Waals surface area (Å²) in [6.45, 7) is 8.55. The van der Waals surface area contributed by atoms with Gasteiger partial charge < -0.3 is 9.64 Å². The zero-order valence-corrected chi connectivity index (χ0v) is 13.6. The Kier molecular flexibility index (Phi) is 4.50. The van der Waals surface area contributed by atoms with Crippen LogP contribution in [0.4, 0.5) is 0 Å². The summed E-state index contributed by atoms with van der Waals surface area (Å²) in [7, 11) is 0. The number of benzene rings is 1. The first-order valence-electron chi connectivity index (χ1n) is 8.35. The smallest absolute Gasteiger partial charge is 0.251 e. The predicted octanol–water partition coefficient (Wildman–Crippen LogP) is 2.29. The van der Waals surface area contributed by atoms with E-state index in [1.54, 1.807) is 0 Å². The van der Waals surface area contributed by atoms with Gasteiger partial charge in [-0.05, 0) is 32.3 Å². The monoisotopic (exact) mass is 302 g/mol. The van der Waals surface area contributed by atoms with Crippen LogP contribution in [-0.4, -0.2) is 53.6 Å². The second-order valence-corrected chi connectivity index (χ2v) is 6.56. The zero-order valence-electron chi connectivity index (χ0n) is 13.6. The van der Waals surface area contributed by atoms with Crippen LogP contribution in [0.1, 0.15) is 32.3 Å². The molecule has 4 heteroatoms. The first-order valence-corrected chi connectivity index (χ1v) is 8.35. The molecule has 1 atom stereocenters. The minimum Gasteiger partial charge on any atom is -0.360 e. The molecule has 2 aliphatic heterocycles. The Morgan fingerprint density at radius 2 is 1.91 bits per heavy atom. The largest absolute Gasteiger partial charge is 0.360 e. The fraction of sp³-hybridized carbons (Fsp3) is 0.611. The first kappa shape index (κ1) is 15.5. The van der Waals surface area contributed by atoms with Gasteiger partial charge in [-0.2, -0.15) is 0 Å². The molecule has 1 aromatic carbocycles. The van der Waals surface area contributed by atoms with Crippen molar-refractivity contribution < 1.29 is 9.53 Å². The minimum atomic E-state index is -0.297. The highest BCUT2D eigenvalue weighted by Gasteiger charge is 2.44. The SMILES string of the molecule is CCN1CC2(CCN(Cc3ccccc3)CC2)OC(C)C1=O. The molecular weight excluding hydrogens is 276 g/mol. The number of hydrogen-bond acceptors (Lipinski definition) is 3. The molecule has 1 amide bonds. The second-order valence-electron chi connectivity index (χ2n) is 6.56. The van der Waals surface area contributed by atoms with Crippen molar-refractivity contribution in [2.24, 2.45) is 0 Å². The number of amides is 1. The fourth-order valence-electron chi connectivity index (χ4n) is 3.65. The maximum absolute atomic E-state index is 12.1. The molecule has 4 nitrogen and oxygen atoms in total. The second kappa shape index (κ2) is 6.39. The van der Waals surface area contributed by atoms with E-state index in [9.17, 15) is 4.79 Å². The molecule has 2 fully saturated rings. The standard InChI is InChI=1S/C18H26N2O2/c1-3-20-14-18(22-15(2)17(20)21)9-11-19(12-10-18)13-16-7-5-4-6-8-16/h4-8,15H,3,9-14H2,1-2H3. The lowest BCUT2D eigenvalue weighted by atomic mass is 9.88. The average molecular weight is 302 g/mol. The number of piperidine rings is 1. The van der Waals surface area contributed by atoms with E-state index in [2.05, 4.69) is 35.2 Å². The van der Waals surface area contributed by atoms with Gasteiger partial charge in [-0.3, -0.25) is 9.69 Å². The fourth-order valence-corrected chi connectivity index (χ4v) is 3.65. The zero-order chi connectivity index (χ0) is 15.6. The average Bonchev–Trinajstić information content (AvgIpc) is 2.54. The normalized spacial score (nSPS) is 25.6. The van der Waals surface area contributed by atoms with E-state index in [1.807, 2.05) is 18.7 Å². The van der Waals surface area contributed by atoms with Crippen LogP contribution in [0.5, 0.6) is 0 Å². The molecule has 0 radical (unpaired) electrons. The molecule has 2 heterocycles. The summed E-state index contributed by atoms with van der Waals surface area (Å²) >= 11 is 0. The summed E-state index contributed by atoms with van der Waals surface area (Å²) < 4.78 is 6.14. The summed E-state index contributed by atoms with van der Waals surface area (Å²) in [4.78, 5) is 16.5. The lowest BCUT2D eigenvalue weighted by Gasteiger charge is -2.49. The summed E-state index contributed by atoms with van der Waals surface area (Å²) in [6, 6.07) is 10.6. The molecule has 0 aromatic heterocycles. The molecule has 2 saturated heterocycles. The van der Waals surface area contributed by atoms with E-state index >= 15 is 0 Å². The number of carbonyl (C=O) groups excluding carboxylic acids is 1. The maximum atomic E-state index is 12.1. The lowest BCUT2D eigenvalue weighted by Crippen LogP contribution is -2.61. The molecule has 1 spiro atoms. The Morgan fingerprint density at radius 3 is 2.55 bits per heavy atom. The third-order valence-corrected chi connectivity index (χ3v) is 4.96. The maximum Gasteiger partial charge on any atom is 0.251 e. The third-order valence-electron chi connectivity index (χ3n) is 4.96. The van der Waals surface area contributed by atoms with Gasteiger partial charge in [-0.25, -0.2) is 0 Å². The first-order chi connectivity index (χ1) is 10.6. The highest BCUT2D eigenvalue weighted by molar-refractivity contribution is 5.81. The molecule has 0 aliphatic carbocycles. The number of rotatable bonds is 3. The van der Waals surface area contributed by atoms with Crippen molar-refractivity contribution in [1.82, 2.24) is 9.80 Å². The van der Waals surface area contributed by atoms with Gasteiger partial charge in [-0.15, -0.1) is 0 Å². The molecular formula is C18H26N2O2. The van der Waals surface area contributed by atoms with Gasteiger partial charge in [0.15, 0.2) is 0 Å². The van der Waals surface area contributed by atoms with Crippen molar-refractivity contribution in [1.29, 1.82) is 0 Å². The van der Waals surface area contributed by atoms with Crippen LogP contribution in [-0.2, 0) is 16.1 Å². The quantitative estimate of drug-likeness (QED) is 0.859. The van der Waals surface area contributed by atoms with Crippen LogP contribution in [0.2, 0.25) is 0 Å². The van der Waals surface area contributed by atoms with Crippen LogP contribution in [0.3, 0.4) is 0 Å². The molecule has 22 heavy (non-hydrogen) atoms. The highest BCUT2D eigenvalue weighted by Crippen LogP contribution is 2.33. The van der Waals surface area contributed by atoms with Crippen molar-refractivity contribution in [3.8, 4) is 0 Å². The Bertz CT molecular complexity index is 509. The predicted molar refractivity (Wildman–Crippen MR) is 86.5 cm³/mol. The lowest BCUT2D eigenvalue weighted by molar-refractivity contribution is -0.189. The number of ether oxygens (including phenoxy) is 1. The third kappa shape index (κ3) is 3.18. The van der Waals surface area contributed by atoms with Crippen LogP contribution in [0.15, 0.2) is 30.3 Å². The van der Waals surface area contributed by atoms with Gasteiger partial charge in [0.25, 0.3) is 5.91 Å². The molecule has 1 unspecified atom stereocenters. The van der Waals surface area contributed by atoms with Gasteiger partial charge >= 0.3 is 0 Å². The summed E-state index contributed by atoms with van der Waals surface area (Å²) in [5, 5.41) is 0. The molecule has 2 aliphatic rings. The Labute approximate surface area is 133 Å². The summed E-state index contributed by atoms with van der Waals surface area (Å²) in [5.41, 5.74) is 1.23. The van der Waals surface area contributed by atoms with Gasteiger partial charge in [0.1, 0.15) is 6.10 Å². The number of likely N-dealkylation sites (N-methyl/N-ethyl adjacent to an activating group) is 1. The van der Waals surface area contributed by atoms with Gasteiger partial charge in [0.05, 0.1) is 5.60 Å². The molecule has 0 saturated carbocycles. The van der Waals surface area contributed by atoms with Gasteiger partial charge in [-0.1, -0.05) is 30.3 Å². The van der Waals surface area contributed by atoms with Crippen molar-refractivity contribution in [2.45, 2.75) is 44.9 Å². The van der Waals surface area contributed by atoms with E-state index in [1.165, 1.54) is 5.56 Å². The van der Waals surface area contributed by atoms with E-state index in [4.69, 9.17) is 4.74 Å². The number of hydrogen-bond donors (Lipinski definition) is 0. The number of likely N-dealkylation sites (tertiary alicyclic amines) is 1. The van der Waals surface area contributed by atoms with Crippen molar-refractivity contribution in [3.63, 3.8) is 0 Å². The van der Waals surface area contributed by atoms with E-state index < -0.39 is 0 Å². The summed E-state index contributed by atoms with van der Waals surface area (Å²) in [5.74, 6) is 0.139. The molecule has 1 aromatic rings. The van der Waals surface area contributed by atoms with E-state index in [-0.39, 0.29) is 17.6 Å². The molecule has 0 N–H and O–H groups in total. The number of morpholine rings is 1. The Morgan fingerprint density at radius 1 is 1.23 bits per heavy atom. The van der Waals surface area contributed by atoms with E-state index in [0.29, 0.717) is 0 Å². The van der Waals surface area contributed by atoms with Crippen molar-refractivity contribution >= 4 is 5.91 Å². The van der Waals surface area contributed by atoms with Gasteiger partial charge in [0, 0.05) is 32.7 Å². The van der Waals surface area contributed by atoms with Gasteiger partial charge in [0.2, 0.25) is 0 Å². The summed E-state index contributed by atoms with van der Waals surface area (Å²) in [6.07, 6.45) is 1.72. The van der Waals surface area contributed by atoms with Crippen LogP contribution >= 0.6 is 0 Å². The minimum absolute atomic E-state index is 0.128. The number of nitrogens with zero attached hydrogens (tertiary/aromatic N) is 2. The van der Waals surface area contributed by atoms with Crippen molar-refractivity contribution in [2.75, 3.05) is 26.2 Å². The Balaban J connectivity index is 1.60. The molecule has 3 rings (SSSR count).